The number of aliphatic hydroxyl groups is 1. The molecule has 0 spiro atoms. The summed E-state index contributed by atoms with van der Waals surface area (Å²) >= 11 is 0. The third-order valence-corrected chi connectivity index (χ3v) is 0.740. The van der Waals surface area contributed by atoms with Gasteiger partial charge < -0.3 is 15.6 Å². The van der Waals surface area contributed by atoms with E-state index in [4.69, 9.17) is 10.8 Å². The van der Waals surface area contributed by atoms with Crippen LogP contribution < -0.4 is 5.73 Å². The van der Waals surface area contributed by atoms with Crippen LogP contribution in [-0.4, -0.2) is 24.0 Å². The van der Waals surface area contributed by atoms with Crippen LogP contribution in [0.3, 0.4) is 0 Å². The van der Waals surface area contributed by atoms with Gasteiger partial charge in [0.15, 0.2) is 0 Å². The van der Waals surface area contributed by atoms with Crippen molar-refractivity contribution in [3.05, 3.63) is 0 Å². The van der Waals surface area contributed by atoms with Crippen molar-refractivity contribution in [2.24, 2.45) is 5.73 Å². The fourth-order valence-corrected chi connectivity index (χ4v) is 0.253. The number of rotatable bonds is 1. The highest BCUT2D eigenvalue weighted by Gasteiger charge is 2.27. The van der Waals surface area contributed by atoms with Gasteiger partial charge in [-0.25, -0.2) is 0 Å². The molecular weight excluding hydrogens is 117 g/mol. The number of hydrogen-bond donors (Lipinski definition) is 2. The maximum absolute atomic E-state index is 8.34. The van der Waals surface area contributed by atoms with Gasteiger partial charge in [-0.2, -0.15) is 0 Å². The molecule has 1 rings (SSSR count). The van der Waals surface area contributed by atoms with Gasteiger partial charge in [0.25, 0.3) is 0 Å². The van der Waals surface area contributed by atoms with E-state index in [1.807, 2.05) is 0 Å². The lowest BCUT2D eigenvalue weighted by molar-refractivity contribution is 0.142. The number of halogens is 1. The second-order valence-electron chi connectivity index (χ2n) is 1.36. The van der Waals surface area contributed by atoms with Crippen LogP contribution in [0.25, 0.3) is 0 Å². The van der Waals surface area contributed by atoms with Crippen molar-refractivity contribution >= 4 is 12.4 Å². The van der Waals surface area contributed by atoms with Gasteiger partial charge in [0.2, 0.25) is 0 Å². The summed E-state index contributed by atoms with van der Waals surface area (Å²) in [6.07, 6.45) is -0.824. The summed E-state index contributed by atoms with van der Waals surface area (Å²) in [7, 11) is 0. The second kappa shape index (κ2) is 2.47. The van der Waals surface area contributed by atoms with E-state index in [0.717, 1.165) is 0 Å². The third kappa shape index (κ3) is 2.09. The van der Waals surface area contributed by atoms with Gasteiger partial charge in [0, 0.05) is 0 Å². The lowest BCUT2D eigenvalue weighted by Crippen LogP contribution is -2.25. The molecule has 2 atom stereocenters. The molecule has 3 nitrogen and oxygen atoms in total. The Kier molecular flexibility index (Phi) is 2.53. The van der Waals surface area contributed by atoms with E-state index in [2.05, 4.69) is 4.74 Å². The Bertz CT molecular complexity index is 54.9. The van der Waals surface area contributed by atoms with Crippen LogP contribution in [-0.2, 0) is 4.74 Å². The lowest BCUT2D eigenvalue weighted by Gasteiger charge is -1.91. The van der Waals surface area contributed by atoms with Crippen LogP contribution in [0.4, 0.5) is 0 Å². The Labute approximate surface area is 47.9 Å². The van der Waals surface area contributed by atoms with E-state index in [9.17, 15) is 0 Å². The molecule has 4 heteroatoms. The first kappa shape index (κ1) is 7.17. The summed E-state index contributed by atoms with van der Waals surface area (Å²) < 4.78 is 4.59. The SMILES string of the molecule is Cl.NC(O)C1CO1. The van der Waals surface area contributed by atoms with E-state index in [0.29, 0.717) is 6.61 Å². The molecule has 2 unspecified atom stereocenters. The summed E-state index contributed by atoms with van der Waals surface area (Å²) in [6.45, 7) is 0.623. The number of ether oxygens (including phenoxy) is 1. The first-order valence-corrected chi connectivity index (χ1v) is 1.86. The summed E-state index contributed by atoms with van der Waals surface area (Å²) in [5.41, 5.74) is 4.93. The Balaban J connectivity index is 0.000000360. The Morgan fingerprint density at radius 1 is 1.86 bits per heavy atom. The zero-order valence-corrected chi connectivity index (χ0v) is 4.52. The topological polar surface area (TPSA) is 58.8 Å². The minimum absolute atomic E-state index is 0. The van der Waals surface area contributed by atoms with Crippen molar-refractivity contribution in [1.82, 2.24) is 0 Å². The first-order valence-electron chi connectivity index (χ1n) is 1.86. The van der Waals surface area contributed by atoms with Gasteiger partial charge in [-0.15, -0.1) is 12.4 Å². The van der Waals surface area contributed by atoms with Gasteiger partial charge in [0.05, 0.1) is 6.61 Å². The number of hydrogen-bond acceptors (Lipinski definition) is 3. The van der Waals surface area contributed by atoms with Crippen molar-refractivity contribution in [3.63, 3.8) is 0 Å². The number of nitrogens with two attached hydrogens (primary N) is 1. The average molecular weight is 126 g/mol. The van der Waals surface area contributed by atoms with E-state index < -0.39 is 6.23 Å². The molecule has 0 aliphatic carbocycles. The summed E-state index contributed by atoms with van der Waals surface area (Å²) in [5.74, 6) is 0. The molecule has 1 aliphatic heterocycles. The van der Waals surface area contributed by atoms with Crippen LogP contribution in [0.2, 0.25) is 0 Å². The van der Waals surface area contributed by atoms with E-state index >= 15 is 0 Å². The lowest BCUT2D eigenvalue weighted by atomic mass is 10.4. The van der Waals surface area contributed by atoms with Gasteiger partial charge in [-0.05, 0) is 0 Å². The molecule has 0 aromatic carbocycles. The smallest absolute Gasteiger partial charge is 0.131 e. The quantitative estimate of drug-likeness (QED) is 0.352. The fourth-order valence-electron chi connectivity index (χ4n) is 0.253. The first-order chi connectivity index (χ1) is 2.80. The van der Waals surface area contributed by atoms with Gasteiger partial charge in [0.1, 0.15) is 12.3 Å². The Morgan fingerprint density at radius 2 is 2.29 bits per heavy atom. The van der Waals surface area contributed by atoms with Crippen LogP contribution in [0.5, 0.6) is 0 Å². The summed E-state index contributed by atoms with van der Waals surface area (Å²) in [4.78, 5) is 0. The molecular formula is C3H8ClNO2. The molecule has 7 heavy (non-hydrogen) atoms. The highest BCUT2D eigenvalue weighted by atomic mass is 35.5. The largest absolute Gasteiger partial charge is 0.376 e. The van der Waals surface area contributed by atoms with Crippen molar-refractivity contribution in [2.45, 2.75) is 12.3 Å². The zero-order chi connectivity index (χ0) is 4.57. The van der Waals surface area contributed by atoms with E-state index in [1.54, 1.807) is 0 Å². The maximum atomic E-state index is 8.34. The van der Waals surface area contributed by atoms with Crippen LogP contribution in [0.15, 0.2) is 0 Å². The Morgan fingerprint density at radius 3 is 2.29 bits per heavy atom. The minimum Gasteiger partial charge on any atom is -0.376 e. The number of aliphatic hydroxyl groups excluding tert-OH is 1. The Hall–Kier alpha value is 0.170. The highest BCUT2D eigenvalue weighted by Crippen LogP contribution is 2.09. The molecule has 1 fully saturated rings. The van der Waals surface area contributed by atoms with Crippen molar-refractivity contribution in [2.75, 3.05) is 6.61 Å². The van der Waals surface area contributed by atoms with Crippen LogP contribution in [0, 0.1) is 0 Å². The minimum atomic E-state index is -0.759. The molecule has 1 aliphatic rings. The average Bonchev–Trinajstić information content (AvgIpc) is 2.06. The second-order valence-corrected chi connectivity index (χ2v) is 1.36. The molecule has 1 saturated heterocycles. The molecule has 0 bridgehead atoms. The van der Waals surface area contributed by atoms with E-state index in [1.165, 1.54) is 0 Å². The molecule has 0 saturated carbocycles. The molecule has 0 aromatic heterocycles. The maximum Gasteiger partial charge on any atom is 0.131 e. The molecule has 0 amide bonds. The van der Waals surface area contributed by atoms with Crippen molar-refractivity contribution in [1.29, 1.82) is 0 Å². The van der Waals surface area contributed by atoms with Gasteiger partial charge >= 0.3 is 0 Å². The van der Waals surface area contributed by atoms with Gasteiger partial charge in [-0.3, -0.25) is 0 Å². The molecule has 0 radical (unpaired) electrons. The highest BCUT2D eigenvalue weighted by molar-refractivity contribution is 5.85. The zero-order valence-electron chi connectivity index (χ0n) is 3.70. The summed E-state index contributed by atoms with van der Waals surface area (Å²) in [6, 6.07) is 0. The van der Waals surface area contributed by atoms with Crippen LogP contribution in [0.1, 0.15) is 0 Å². The van der Waals surface area contributed by atoms with Crippen molar-refractivity contribution in [3.8, 4) is 0 Å². The molecule has 3 N–H and O–H groups in total. The fraction of sp³-hybridized carbons (Fsp3) is 1.00. The third-order valence-electron chi connectivity index (χ3n) is 0.740. The summed E-state index contributed by atoms with van der Waals surface area (Å²) in [5, 5.41) is 8.34. The predicted molar refractivity (Wildman–Crippen MR) is 27.2 cm³/mol. The number of epoxide rings is 1. The molecule has 0 aromatic rings. The molecule has 44 valence electrons. The normalized spacial score (nSPS) is 30.9. The standard InChI is InChI=1S/C3H7NO2.ClH/c4-3(5)2-1-6-2;/h2-3,5H,1,4H2;1H. The van der Waals surface area contributed by atoms with Crippen molar-refractivity contribution < 1.29 is 9.84 Å². The molecule has 1 heterocycles. The monoisotopic (exact) mass is 125 g/mol. The van der Waals surface area contributed by atoms with Gasteiger partial charge in [-0.1, -0.05) is 0 Å². The van der Waals surface area contributed by atoms with Crippen LogP contribution >= 0.6 is 12.4 Å². The predicted octanol–water partition coefficient (Wildman–Crippen LogP) is -0.916. The van der Waals surface area contributed by atoms with E-state index in [-0.39, 0.29) is 18.5 Å².